The largest absolute Gasteiger partial charge is 0.353 e. The Morgan fingerprint density at radius 1 is 1.07 bits per heavy atom. The monoisotopic (exact) mass is 430 g/mol. The smallest absolute Gasteiger partial charge is 0.225 e. The van der Waals surface area contributed by atoms with Crippen LogP contribution >= 0.6 is 15.9 Å². The van der Waals surface area contributed by atoms with E-state index in [9.17, 15) is 4.39 Å². The molecule has 6 nitrogen and oxygen atoms in total. The molecule has 140 valence electrons. The Morgan fingerprint density at radius 3 is 2.63 bits per heavy atom. The lowest BCUT2D eigenvalue weighted by atomic mass is 10.2. The molecule has 2 N–H and O–H groups in total. The third-order valence-corrected chi connectivity index (χ3v) is 4.35. The van der Waals surface area contributed by atoms with Crippen LogP contribution in [0, 0.1) is 5.82 Å². The molecular weight excluding hydrogens is 411 g/mol. The predicted octanol–water partition coefficient (Wildman–Crippen LogP) is 4.16. The number of rotatable bonds is 7. The summed E-state index contributed by atoms with van der Waals surface area (Å²) in [4.78, 5) is 15.5. The standard InChI is InChI=1S/C19H20BrFN6/c1-27(2)10-9-23-19-25-17(16-5-3-4-8-22-16)12-18(26-19)24-15-7-6-13(21)11-14(15)20/h3-8,11-12H,9-10H2,1-2H3,(H2,23,24,25,26). The van der Waals surface area contributed by atoms with Crippen molar-refractivity contribution in [2.45, 2.75) is 0 Å². The second kappa shape index (κ2) is 8.88. The maximum atomic E-state index is 13.3. The van der Waals surface area contributed by atoms with Gasteiger partial charge in [-0.2, -0.15) is 4.98 Å². The first-order chi connectivity index (χ1) is 13.0. The first-order valence-corrected chi connectivity index (χ1v) is 9.22. The van der Waals surface area contributed by atoms with Crippen LogP contribution in [0.1, 0.15) is 0 Å². The fourth-order valence-corrected chi connectivity index (χ4v) is 2.81. The van der Waals surface area contributed by atoms with Crippen LogP contribution in [0.3, 0.4) is 0 Å². The van der Waals surface area contributed by atoms with Crippen LogP contribution in [-0.2, 0) is 0 Å². The number of hydrogen-bond acceptors (Lipinski definition) is 6. The van der Waals surface area contributed by atoms with Gasteiger partial charge in [-0.15, -0.1) is 0 Å². The Kier molecular flexibility index (Phi) is 6.31. The van der Waals surface area contributed by atoms with E-state index in [-0.39, 0.29) is 5.82 Å². The van der Waals surface area contributed by atoms with Crippen molar-refractivity contribution in [3.63, 3.8) is 0 Å². The molecule has 0 amide bonds. The van der Waals surface area contributed by atoms with E-state index in [2.05, 4.69) is 46.4 Å². The first kappa shape index (κ1) is 19.2. The topological polar surface area (TPSA) is 66.0 Å². The van der Waals surface area contributed by atoms with Gasteiger partial charge in [-0.05, 0) is 60.4 Å². The SMILES string of the molecule is CN(C)CCNc1nc(Nc2ccc(F)cc2Br)cc(-c2ccccn2)n1. The maximum absolute atomic E-state index is 13.3. The molecular formula is C19H20BrFN6. The summed E-state index contributed by atoms with van der Waals surface area (Å²) >= 11 is 3.37. The summed E-state index contributed by atoms with van der Waals surface area (Å²) in [5.41, 5.74) is 2.15. The Bertz CT molecular complexity index is 904. The Morgan fingerprint density at radius 2 is 1.93 bits per heavy atom. The van der Waals surface area contributed by atoms with Gasteiger partial charge in [-0.3, -0.25) is 4.98 Å². The highest BCUT2D eigenvalue weighted by Gasteiger charge is 2.10. The van der Waals surface area contributed by atoms with Crippen LogP contribution in [0.4, 0.5) is 21.8 Å². The van der Waals surface area contributed by atoms with Crippen molar-refractivity contribution in [3.8, 4) is 11.4 Å². The van der Waals surface area contributed by atoms with Crippen LogP contribution in [0.2, 0.25) is 0 Å². The van der Waals surface area contributed by atoms with Gasteiger partial charge < -0.3 is 15.5 Å². The summed E-state index contributed by atoms with van der Waals surface area (Å²) in [5.74, 6) is 0.779. The molecule has 0 spiro atoms. The van der Waals surface area contributed by atoms with Gasteiger partial charge in [-0.1, -0.05) is 6.07 Å². The Labute approximate surface area is 166 Å². The van der Waals surface area contributed by atoms with Crippen LogP contribution in [0.5, 0.6) is 0 Å². The maximum Gasteiger partial charge on any atom is 0.225 e. The predicted molar refractivity (Wildman–Crippen MR) is 110 cm³/mol. The lowest BCUT2D eigenvalue weighted by Crippen LogP contribution is -2.21. The number of pyridine rings is 1. The summed E-state index contributed by atoms with van der Waals surface area (Å²) in [6.07, 6.45) is 1.72. The molecule has 0 aliphatic carbocycles. The molecule has 3 rings (SSSR count). The zero-order chi connectivity index (χ0) is 19.2. The van der Waals surface area contributed by atoms with Crippen LogP contribution in [0.25, 0.3) is 11.4 Å². The van der Waals surface area contributed by atoms with Crippen LogP contribution in [0.15, 0.2) is 53.1 Å². The average molecular weight is 431 g/mol. The van der Waals surface area contributed by atoms with E-state index in [1.54, 1.807) is 12.3 Å². The normalized spacial score (nSPS) is 10.9. The number of nitrogens with zero attached hydrogens (tertiary/aromatic N) is 4. The lowest BCUT2D eigenvalue weighted by molar-refractivity contribution is 0.425. The minimum atomic E-state index is -0.310. The molecule has 0 atom stereocenters. The highest BCUT2D eigenvalue weighted by molar-refractivity contribution is 9.10. The molecule has 1 aromatic carbocycles. The quantitative estimate of drug-likeness (QED) is 0.586. The van der Waals surface area contributed by atoms with Gasteiger partial charge in [0.25, 0.3) is 0 Å². The fourth-order valence-electron chi connectivity index (χ4n) is 2.36. The number of anilines is 3. The number of nitrogens with one attached hydrogen (secondary N) is 2. The van der Waals surface area contributed by atoms with E-state index in [0.717, 1.165) is 12.2 Å². The minimum Gasteiger partial charge on any atom is -0.353 e. The highest BCUT2D eigenvalue weighted by atomic mass is 79.9. The van der Waals surface area contributed by atoms with E-state index in [0.29, 0.717) is 34.2 Å². The zero-order valence-corrected chi connectivity index (χ0v) is 16.7. The molecule has 0 saturated heterocycles. The molecule has 0 aliphatic heterocycles. The van der Waals surface area contributed by atoms with E-state index in [4.69, 9.17) is 0 Å². The van der Waals surface area contributed by atoms with Crippen molar-refractivity contribution in [1.82, 2.24) is 19.9 Å². The number of likely N-dealkylation sites (N-methyl/N-ethyl adjacent to an activating group) is 1. The van der Waals surface area contributed by atoms with Crippen molar-refractivity contribution in [1.29, 1.82) is 0 Å². The van der Waals surface area contributed by atoms with Crippen molar-refractivity contribution in [2.24, 2.45) is 0 Å². The molecule has 0 bridgehead atoms. The third-order valence-electron chi connectivity index (χ3n) is 3.69. The second-order valence-corrected chi connectivity index (χ2v) is 7.01. The number of aromatic nitrogens is 3. The molecule has 0 saturated carbocycles. The van der Waals surface area contributed by atoms with Gasteiger partial charge in [0.1, 0.15) is 11.6 Å². The summed E-state index contributed by atoms with van der Waals surface area (Å²) < 4.78 is 13.9. The summed E-state index contributed by atoms with van der Waals surface area (Å²) in [7, 11) is 4.01. The van der Waals surface area contributed by atoms with Gasteiger partial charge in [0.05, 0.1) is 17.1 Å². The molecule has 0 unspecified atom stereocenters. The second-order valence-electron chi connectivity index (χ2n) is 6.16. The molecule has 3 aromatic rings. The van der Waals surface area contributed by atoms with Crippen LogP contribution in [-0.4, -0.2) is 47.0 Å². The number of benzene rings is 1. The van der Waals surface area contributed by atoms with Gasteiger partial charge in [0, 0.05) is 29.8 Å². The first-order valence-electron chi connectivity index (χ1n) is 8.42. The summed E-state index contributed by atoms with van der Waals surface area (Å²) in [6, 6.07) is 11.9. The molecule has 0 aliphatic rings. The number of hydrogen-bond donors (Lipinski definition) is 2. The van der Waals surface area contributed by atoms with Crippen molar-refractivity contribution in [3.05, 3.63) is 59.0 Å². The van der Waals surface area contributed by atoms with Gasteiger partial charge in [0.2, 0.25) is 5.95 Å². The summed E-state index contributed by atoms with van der Waals surface area (Å²) in [6.45, 7) is 1.56. The molecule has 0 radical (unpaired) electrons. The molecule has 8 heteroatoms. The lowest BCUT2D eigenvalue weighted by Gasteiger charge is -2.13. The molecule has 2 heterocycles. The van der Waals surface area contributed by atoms with E-state index < -0.39 is 0 Å². The summed E-state index contributed by atoms with van der Waals surface area (Å²) in [5, 5.41) is 6.44. The fraction of sp³-hybridized carbons (Fsp3) is 0.211. The van der Waals surface area contributed by atoms with Gasteiger partial charge >= 0.3 is 0 Å². The minimum absolute atomic E-state index is 0.310. The van der Waals surface area contributed by atoms with E-state index in [1.807, 2.05) is 38.4 Å². The highest BCUT2D eigenvalue weighted by Crippen LogP contribution is 2.28. The van der Waals surface area contributed by atoms with Crippen LogP contribution < -0.4 is 10.6 Å². The number of halogens is 2. The van der Waals surface area contributed by atoms with Crippen molar-refractivity contribution < 1.29 is 4.39 Å². The molecule has 0 fully saturated rings. The van der Waals surface area contributed by atoms with Crippen molar-refractivity contribution >= 4 is 33.4 Å². The van der Waals surface area contributed by atoms with Gasteiger partial charge in [0.15, 0.2) is 0 Å². The van der Waals surface area contributed by atoms with Crippen molar-refractivity contribution in [2.75, 3.05) is 37.8 Å². The zero-order valence-electron chi connectivity index (χ0n) is 15.1. The Hall–Kier alpha value is -2.58. The Balaban J connectivity index is 1.91. The third kappa shape index (κ3) is 5.45. The van der Waals surface area contributed by atoms with Gasteiger partial charge in [-0.25, -0.2) is 9.37 Å². The average Bonchev–Trinajstić information content (AvgIpc) is 2.64. The van der Waals surface area contributed by atoms with E-state index in [1.165, 1.54) is 12.1 Å². The molecule has 2 aromatic heterocycles. The molecule has 27 heavy (non-hydrogen) atoms. The van der Waals surface area contributed by atoms with E-state index >= 15 is 0 Å².